The van der Waals surface area contributed by atoms with Gasteiger partial charge in [-0.25, -0.2) is 0 Å². The van der Waals surface area contributed by atoms with Gasteiger partial charge in [0.1, 0.15) is 6.10 Å². The molecule has 2 aromatic rings. The standard InChI is InChI=1S/C11H12N2OS/c1-8-6-13-10(7-12-8)11(14)5-9-3-2-4-15-9/h2-4,6-7,11,14H,5H2,1H3. The molecule has 0 amide bonds. The first-order valence-corrected chi connectivity index (χ1v) is 5.62. The van der Waals surface area contributed by atoms with E-state index < -0.39 is 6.10 Å². The third kappa shape index (κ3) is 2.61. The summed E-state index contributed by atoms with van der Waals surface area (Å²) in [6.45, 7) is 1.88. The van der Waals surface area contributed by atoms with Crippen LogP contribution in [0.1, 0.15) is 22.4 Å². The smallest absolute Gasteiger partial charge is 0.102 e. The minimum Gasteiger partial charge on any atom is -0.386 e. The topological polar surface area (TPSA) is 46.0 Å². The highest BCUT2D eigenvalue weighted by Crippen LogP contribution is 2.18. The molecule has 1 atom stereocenters. The minimum absolute atomic E-state index is 0.559. The van der Waals surface area contributed by atoms with Crippen molar-refractivity contribution in [2.45, 2.75) is 19.4 Å². The van der Waals surface area contributed by atoms with E-state index in [9.17, 15) is 5.11 Å². The molecule has 2 rings (SSSR count). The molecule has 0 saturated heterocycles. The summed E-state index contributed by atoms with van der Waals surface area (Å²) in [7, 11) is 0. The second-order valence-corrected chi connectivity index (χ2v) is 4.41. The summed E-state index contributed by atoms with van der Waals surface area (Å²) in [5, 5.41) is 11.9. The van der Waals surface area contributed by atoms with Crippen molar-refractivity contribution in [3.8, 4) is 0 Å². The van der Waals surface area contributed by atoms with Crippen molar-refractivity contribution in [2.75, 3.05) is 0 Å². The monoisotopic (exact) mass is 220 g/mol. The van der Waals surface area contributed by atoms with E-state index in [-0.39, 0.29) is 0 Å². The van der Waals surface area contributed by atoms with Gasteiger partial charge in [0.2, 0.25) is 0 Å². The van der Waals surface area contributed by atoms with Gasteiger partial charge in [0, 0.05) is 17.5 Å². The molecule has 4 heteroatoms. The van der Waals surface area contributed by atoms with E-state index >= 15 is 0 Å². The summed E-state index contributed by atoms with van der Waals surface area (Å²) in [6.07, 6.45) is 3.35. The van der Waals surface area contributed by atoms with Gasteiger partial charge in [0.05, 0.1) is 17.6 Å². The number of rotatable bonds is 3. The fraction of sp³-hybridized carbons (Fsp3) is 0.273. The van der Waals surface area contributed by atoms with Crippen LogP contribution in [0, 0.1) is 6.92 Å². The fourth-order valence-corrected chi connectivity index (χ4v) is 2.04. The highest BCUT2D eigenvalue weighted by molar-refractivity contribution is 7.09. The van der Waals surface area contributed by atoms with Crippen molar-refractivity contribution in [3.05, 3.63) is 46.2 Å². The zero-order valence-electron chi connectivity index (χ0n) is 8.42. The van der Waals surface area contributed by atoms with Gasteiger partial charge in [-0.3, -0.25) is 9.97 Å². The molecule has 2 aromatic heterocycles. The number of aryl methyl sites for hydroxylation is 1. The first kappa shape index (κ1) is 10.3. The summed E-state index contributed by atoms with van der Waals surface area (Å²) in [5.41, 5.74) is 1.50. The van der Waals surface area contributed by atoms with Crippen molar-refractivity contribution in [1.29, 1.82) is 0 Å². The molecule has 0 saturated carbocycles. The number of aliphatic hydroxyl groups excluding tert-OH is 1. The number of hydrogen-bond donors (Lipinski definition) is 1. The number of thiophene rings is 1. The number of aromatic nitrogens is 2. The van der Waals surface area contributed by atoms with Crippen molar-refractivity contribution in [2.24, 2.45) is 0 Å². The summed E-state index contributed by atoms with van der Waals surface area (Å²) in [4.78, 5) is 9.42. The lowest BCUT2D eigenvalue weighted by Crippen LogP contribution is -2.04. The minimum atomic E-state index is -0.559. The summed E-state index contributed by atoms with van der Waals surface area (Å²) in [6, 6.07) is 3.99. The molecule has 0 aliphatic carbocycles. The third-order valence-electron chi connectivity index (χ3n) is 2.12. The van der Waals surface area contributed by atoms with Gasteiger partial charge in [0.15, 0.2) is 0 Å². The summed E-state index contributed by atoms with van der Waals surface area (Å²) in [5.74, 6) is 0. The van der Waals surface area contributed by atoms with Crippen LogP contribution in [-0.2, 0) is 6.42 Å². The zero-order valence-corrected chi connectivity index (χ0v) is 9.24. The van der Waals surface area contributed by atoms with E-state index in [4.69, 9.17) is 0 Å². The Balaban J connectivity index is 2.08. The van der Waals surface area contributed by atoms with Crippen LogP contribution in [0.25, 0.3) is 0 Å². The zero-order chi connectivity index (χ0) is 10.7. The second-order valence-electron chi connectivity index (χ2n) is 3.38. The van der Waals surface area contributed by atoms with E-state index in [1.54, 1.807) is 23.7 Å². The normalized spacial score (nSPS) is 12.7. The number of hydrogen-bond acceptors (Lipinski definition) is 4. The molecule has 0 bridgehead atoms. The van der Waals surface area contributed by atoms with Crippen LogP contribution in [0.3, 0.4) is 0 Å². The van der Waals surface area contributed by atoms with Crippen LogP contribution >= 0.6 is 11.3 Å². The SMILES string of the molecule is Cc1cnc(C(O)Cc2cccs2)cn1. The molecule has 0 spiro atoms. The predicted molar refractivity (Wildman–Crippen MR) is 59.8 cm³/mol. The average Bonchev–Trinajstić information content (AvgIpc) is 2.71. The Hall–Kier alpha value is -1.26. The van der Waals surface area contributed by atoms with Gasteiger partial charge < -0.3 is 5.11 Å². The number of aliphatic hydroxyl groups is 1. The van der Waals surface area contributed by atoms with Crippen molar-refractivity contribution >= 4 is 11.3 Å². The van der Waals surface area contributed by atoms with Crippen molar-refractivity contribution in [3.63, 3.8) is 0 Å². The van der Waals surface area contributed by atoms with E-state index in [2.05, 4.69) is 9.97 Å². The van der Waals surface area contributed by atoms with E-state index in [0.717, 1.165) is 10.6 Å². The van der Waals surface area contributed by atoms with Crippen molar-refractivity contribution in [1.82, 2.24) is 9.97 Å². The summed E-state index contributed by atoms with van der Waals surface area (Å²) < 4.78 is 0. The summed E-state index contributed by atoms with van der Waals surface area (Å²) >= 11 is 1.64. The molecule has 15 heavy (non-hydrogen) atoms. The molecule has 0 aromatic carbocycles. The van der Waals surface area contributed by atoms with Gasteiger partial charge in [-0.1, -0.05) is 6.07 Å². The molecule has 0 fully saturated rings. The lowest BCUT2D eigenvalue weighted by atomic mass is 10.2. The Labute approximate surface area is 92.5 Å². The third-order valence-corrected chi connectivity index (χ3v) is 3.02. The number of nitrogens with zero attached hydrogens (tertiary/aromatic N) is 2. The quantitative estimate of drug-likeness (QED) is 0.861. The van der Waals surface area contributed by atoms with Crippen LogP contribution in [0.2, 0.25) is 0 Å². The molecule has 1 N–H and O–H groups in total. The molecule has 1 unspecified atom stereocenters. The lowest BCUT2D eigenvalue weighted by Gasteiger charge is -2.07. The van der Waals surface area contributed by atoms with Crippen LogP contribution in [0.5, 0.6) is 0 Å². The fourth-order valence-electron chi connectivity index (χ4n) is 1.30. The van der Waals surface area contributed by atoms with E-state index in [0.29, 0.717) is 12.1 Å². The second kappa shape index (κ2) is 4.51. The molecular weight excluding hydrogens is 208 g/mol. The molecule has 2 heterocycles. The molecule has 0 radical (unpaired) electrons. The molecule has 3 nitrogen and oxygen atoms in total. The Morgan fingerprint density at radius 3 is 2.87 bits per heavy atom. The van der Waals surface area contributed by atoms with Crippen LogP contribution in [0.15, 0.2) is 29.9 Å². The molecule has 78 valence electrons. The Bertz CT molecular complexity index is 411. The first-order valence-electron chi connectivity index (χ1n) is 4.74. The lowest BCUT2D eigenvalue weighted by molar-refractivity contribution is 0.174. The van der Waals surface area contributed by atoms with Crippen LogP contribution in [-0.4, -0.2) is 15.1 Å². The Morgan fingerprint density at radius 2 is 2.27 bits per heavy atom. The average molecular weight is 220 g/mol. The van der Waals surface area contributed by atoms with E-state index in [1.807, 2.05) is 24.4 Å². The molecule has 0 aliphatic rings. The highest BCUT2D eigenvalue weighted by Gasteiger charge is 2.10. The predicted octanol–water partition coefficient (Wildman–Crippen LogP) is 2.12. The van der Waals surface area contributed by atoms with Crippen molar-refractivity contribution < 1.29 is 5.11 Å². The van der Waals surface area contributed by atoms with Crippen LogP contribution in [0.4, 0.5) is 0 Å². The maximum atomic E-state index is 9.89. The van der Waals surface area contributed by atoms with Gasteiger partial charge >= 0.3 is 0 Å². The highest BCUT2D eigenvalue weighted by atomic mass is 32.1. The van der Waals surface area contributed by atoms with Gasteiger partial charge in [-0.15, -0.1) is 11.3 Å². The molecular formula is C11H12N2OS. The maximum absolute atomic E-state index is 9.89. The largest absolute Gasteiger partial charge is 0.386 e. The van der Waals surface area contributed by atoms with E-state index in [1.165, 1.54) is 0 Å². The maximum Gasteiger partial charge on any atom is 0.102 e. The van der Waals surface area contributed by atoms with Gasteiger partial charge in [-0.05, 0) is 18.4 Å². The van der Waals surface area contributed by atoms with Gasteiger partial charge in [0.25, 0.3) is 0 Å². The Kier molecular flexibility index (Phi) is 3.08. The van der Waals surface area contributed by atoms with Gasteiger partial charge in [-0.2, -0.15) is 0 Å². The van der Waals surface area contributed by atoms with Crippen LogP contribution < -0.4 is 0 Å². The first-order chi connectivity index (χ1) is 7.25. The Morgan fingerprint density at radius 1 is 1.40 bits per heavy atom. The molecule has 0 aliphatic heterocycles.